The molecule has 2 aromatic carbocycles. The summed E-state index contributed by atoms with van der Waals surface area (Å²) < 4.78 is 5.83. The van der Waals surface area contributed by atoms with Crippen LogP contribution in [0.4, 0.5) is 0 Å². The fourth-order valence-corrected chi connectivity index (χ4v) is 3.40. The number of ether oxygens (including phenoxy) is 1. The van der Waals surface area contributed by atoms with Crippen LogP contribution in [0.5, 0.6) is 11.5 Å². The standard InChI is InChI=1S/C22H28N2O2.2ClH/c1-17(2)14-21(24-12-10-23-11-13-24)20-9-8-19(15-22(20)25)26-16-18-6-4-3-5-7-18;;/h3-9,15,21,23,25H,1,10-14,16H2,2H3;2*1H/t21-;;/m1../s1. The Morgan fingerprint density at radius 1 is 1.14 bits per heavy atom. The maximum atomic E-state index is 10.7. The van der Waals surface area contributed by atoms with E-state index in [0.29, 0.717) is 18.1 Å². The molecule has 1 atom stereocenters. The van der Waals surface area contributed by atoms with E-state index in [1.165, 1.54) is 0 Å². The fraction of sp³-hybridized carbons (Fsp3) is 0.364. The van der Waals surface area contributed by atoms with Crippen molar-refractivity contribution in [2.45, 2.75) is 26.0 Å². The van der Waals surface area contributed by atoms with Crippen molar-refractivity contribution in [1.29, 1.82) is 0 Å². The Hall–Kier alpha value is -1.72. The van der Waals surface area contributed by atoms with E-state index in [4.69, 9.17) is 4.74 Å². The molecular weight excluding hydrogens is 395 g/mol. The zero-order chi connectivity index (χ0) is 18.4. The second kappa shape index (κ2) is 12.0. The summed E-state index contributed by atoms with van der Waals surface area (Å²) in [5, 5.41) is 14.0. The highest BCUT2D eigenvalue weighted by molar-refractivity contribution is 5.85. The Kier molecular flexibility index (Phi) is 10.4. The Balaban J connectivity index is 0.00000196. The minimum atomic E-state index is 0. The lowest BCUT2D eigenvalue weighted by Gasteiger charge is -2.35. The maximum Gasteiger partial charge on any atom is 0.124 e. The van der Waals surface area contributed by atoms with Crippen LogP contribution >= 0.6 is 24.8 Å². The van der Waals surface area contributed by atoms with Crippen molar-refractivity contribution in [2.75, 3.05) is 26.2 Å². The number of benzene rings is 2. The summed E-state index contributed by atoms with van der Waals surface area (Å²) in [6.07, 6.45) is 0.845. The molecule has 1 heterocycles. The van der Waals surface area contributed by atoms with Crippen molar-refractivity contribution in [2.24, 2.45) is 0 Å². The molecule has 0 bridgehead atoms. The molecule has 0 radical (unpaired) electrons. The van der Waals surface area contributed by atoms with Crippen LogP contribution in [-0.2, 0) is 6.61 Å². The van der Waals surface area contributed by atoms with Crippen LogP contribution in [0.2, 0.25) is 0 Å². The van der Waals surface area contributed by atoms with E-state index in [2.05, 4.69) is 16.8 Å². The van der Waals surface area contributed by atoms with Crippen molar-refractivity contribution in [3.8, 4) is 11.5 Å². The number of piperazine rings is 1. The molecule has 1 fully saturated rings. The summed E-state index contributed by atoms with van der Waals surface area (Å²) in [6.45, 7) is 10.5. The number of hydrogen-bond acceptors (Lipinski definition) is 4. The molecular formula is C22H30Cl2N2O2. The minimum Gasteiger partial charge on any atom is -0.507 e. The average Bonchev–Trinajstić information content (AvgIpc) is 2.66. The summed E-state index contributed by atoms with van der Waals surface area (Å²) in [6, 6.07) is 15.9. The quantitative estimate of drug-likeness (QED) is 0.630. The summed E-state index contributed by atoms with van der Waals surface area (Å²) in [5.74, 6) is 0.977. The van der Waals surface area contributed by atoms with E-state index < -0.39 is 0 Å². The smallest absolute Gasteiger partial charge is 0.124 e. The lowest BCUT2D eigenvalue weighted by atomic mass is 9.97. The Bertz CT molecular complexity index is 735. The van der Waals surface area contributed by atoms with E-state index in [1.807, 2.05) is 49.4 Å². The molecule has 154 valence electrons. The third kappa shape index (κ3) is 6.71. The van der Waals surface area contributed by atoms with E-state index in [9.17, 15) is 5.11 Å². The topological polar surface area (TPSA) is 44.7 Å². The molecule has 1 aliphatic rings. The third-order valence-electron chi connectivity index (χ3n) is 4.74. The van der Waals surface area contributed by atoms with Gasteiger partial charge >= 0.3 is 0 Å². The van der Waals surface area contributed by atoms with Gasteiger partial charge in [-0.15, -0.1) is 31.4 Å². The van der Waals surface area contributed by atoms with Gasteiger partial charge in [-0.2, -0.15) is 0 Å². The van der Waals surface area contributed by atoms with E-state index in [1.54, 1.807) is 6.07 Å². The number of aromatic hydroxyl groups is 1. The monoisotopic (exact) mass is 424 g/mol. The van der Waals surface area contributed by atoms with Gasteiger partial charge in [-0.25, -0.2) is 0 Å². The lowest BCUT2D eigenvalue weighted by molar-refractivity contribution is 0.169. The molecule has 0 spiro atoms. The summed E-state index contributed by atoms with van der Waals surface area (Å²) >= 11 is 0. The van der Waals surface area contributed by atoms with Crippen LogP contribution in [-0.4, -0.2) is 36.2 Å². The van der Waals surface area contributed by atoms with Crippen molar-refractivity contribution >= 4 is 24.8 Å². The first-order valence-corrected chi connectivity index (χ1v) is 9.22. The predicted octanol–water partition coefficient (Wildman–Crippen LogP) is 4.73. The first-order chi connectivity index (χ1) is 12.6. The minimum absolute atomic E-state index is 0. The molecule has 0 aromatic heterocycles. The summed E-state index contributed by atoms with van der Waals surface area (Å²) in [4.78, 5) is 2.42. The highest BCUT2D eigenvalue weighted by Gasteiger charge is 2.24. The summed E-state index contributed by atoms with van der Waals surface area (Å²) in [5.41, 5.74) is 3.18. The third-order valence-corrected chi connectivity index (χ3v) is 4.74. The number of nitrogens with zero attached hydrogens (tertiary/aromatic N) is 1. The number of phenolic OH excluding ortho intramolecular Hbond substituents is 1. The number of hydrogen-bond donors (Lipinski definition) is 2. The zero-order valence-corrected chi connectivity index (χ0v) is 17.9. The molecule has 0 amide bonds. The number of nitrogens with one attached hydrogen (secondary N) is 1. The normalized spacial score (nSPS) is 15.0. The molecule has 0 unspecified atom stereocenters. The molecule has 0 saturated carbocycles. The second-order valence-electron chi connectivity index (χ2n) is 6.96. The molecule has 3 rings (SSSR count). The molecule has 2 aromatic rings. The van der Waals surface area contributed by atoms with Crippen LogP contribution in [0.3, 0.4) is 0 Å². The van der Waals surface area contributed by atoms with Crippen molar-refractivity contribution in [1.82, 2.24) is 10.2 Å². The molecule has 0 aliphatic carbocycles. The number of halogens is 2. The average molecular weight is 425 g/mol. The van der Waals surface area contributed by atoms with Crippen LogP contribution in [0.25, 0.3) is 0 Å². The van der Waals surface area contributed by atoms with Gasteiger partial charge in [0, 0.05) is 43.9 Å². The van der Waals surface area contributed by atoms with Gasteiger partial charge in [0.25, 0.3) is 0 Å². The maximum absolute atomic E-state index is 10.7. The van der Waals surface area contributed by atoms with Crippen LogP contribution < -0.4 is 10.1 Å². The number of phenols is 1. The van der Waals surface area contributed by atoms with Gasteiger partial charge in [-0.05, 0) is 25.0 Å². The molecule has 6 heteroatoms. The van der Waals surface area contributed by atoms with Crippen LogP contribution in [0.15, 0.2) is 60.7 Å². The predicted molar refractivity (Wildman–Crippen MR) is 120 cm³/mol. The van der Waals surface area contributed by atoms with Crippen LogP contribution in [0.1, 0.15) is 30.5 Å². The van der Waals surface area contributed by atoms with E-state index in [-0.39, 0.29) is 30.9 Å². The molecule has 2 N–H and O–H groups in total. The highest BCUT2D eigenvalue weighted by atomic mass is 35.5. The molecule has 28 heavy (non-hydrogen) atoms. The largest absolute Gasteiger partial charge is 0.507 e. The molecule has 1 saturated heterocycles. The van der Waals surface area contributed by atoms with Gasteiger partial charge in [0.15, 0.2) is 0 Å². The highest BCUT2D eigenvalue weighted by Crippen LogP contribution is 2.35. The lowest BCUT2D eigenvalue weighted by Crippen LogP contribution is -2.45. The SMILES string of the molecule is C=C(C)C[C@H](c1ccc(OCc2ccccc2)cc1O)N1CCNCC1.Cl.Cl. The van der Waals surface area contributed by atoms with Crippen molar-refractivity contribution in [3.05, 3.63) is 71.8 Å². The molecule has 1 aliphatic heterocycles. The van der Waals surface area contributed by atoms with E-state index >= 15 is 0 Å². The first-order valence-electron chi connectivity index (χ1n) is 9.22. The van der Waals surface area contributed by atoms with E-state index in [0.717, 1.165) is 49.3 Å². The van der Waals surface area contributed by atoms with Gasteiger partial charge in [0.2, 0.25) is 0 Å². The zero-order valence-electron chi connectivity index (χ0n) is 16.3. The van der Waals surface area contributed by atoms with Gasteiger partial charge in [0.1, 0.15) is 18.1 Å². The van der Waals surface area contributed by atoms with Gasteiger partial charge in [0.05, 0.1) is 0 Å². The van der Waals surface area contributed by atoms with Gasteiger partial charge in [-0.3, -0.25) is 4.90 Å². The summed E-state index contributed by atoms with van der Waals surface area (Å²) in [7, 11) is 0. The Morgan fingerprint density at radius 2 is 1.82 bits per heavy atom. The Labute approximate surface area is 180 Å². The Morgan fingerprint density at radius 3 is 2.43 bits per heavy atom. The van der Waals surface area contributed by atoms with Crippen molar-refractivity contribution < 1.29 is 9.84 Å². The van der Waals surface area contributed by atoms with Gasteiger partial charge in [-0.1, -0.05) is 42.0 Å². The van der Waals surface area contributed by atoms with Gasteiger partial charge < -0.3 is 15.2 Å². The first kappa shape index (κ1) is 24.3. The van der Waals surface area contributed by atoms with Crippen LogP contribution in [0, 0.1) is 0 Å². The van der Waals surface area contributed by atoms with Crippen molar-refractivity contribution in [3.63, 3.8) is 0 Å². The fourth-order valence-electron chi connectivity index (χ4n) is 3.40. The second-order valence-corrected chi connectivity index (χ2v) is 6.96. The molecule has 4 nitrogen and oxygen atoms in total. The number of rotatable bonds is 7.